The Labute approximate surface area is 93.6 Å². The fourth-order valence-electron chi connectivity index (χ4n) is 1.29. The van der Waals surface area contributed by atoms with Gasteiger partial charge in [-0.3, -0.25) is 0 Å². The third-order valence-electron chi connectivity index (χ3n) is 2.16. The molecule has 0 aromatic rings. The van der Waals surface area contributed by atoms with Crippen molar-refractivity contribution in [2.45, 2.75) is 25.5 Å². The molecular weight excluding hydrogens is 216 g/mol. The van der Waals surface area contributed by atoms with E-state index >= 15 is 0 Å². The SMILES string of the molecule is CC[N+](CC)=C1SCC(C)(/C=N/O)S1. The quantitative estimate of drug-likeness (QED) is 0.351. The van der Waals surface area contributed by atoms with E-state index < -0.39 is 0 Å². The van der Waals surface area contributed by atoms with Crippen LogP contribution in [-0.4, -0.2) is 44.0 Å². The summed E-state index contributed by atoms with van der Waals surface area (Å²) in [6.45, 7) is 8.50. The Morgan fingerprint density at radius 1 is 1.57 bits per heavy atom. The second kappa shape index (κ2) is 5.07. The molecule has 1 aliphatic rings. The normalized spacial score (nSPS) is 27.5. The summed E-state index contributed by atoms with van der Waals surface area (Å²) >= 11 is 3.64. The Morgan fingerprint density at radius 3 is 2.71 bits per heavy atom. The van der Waals surface area contributed by atoms with E-state index in [1.165, 1.54) is 4.38 Å². The number of hydrogen-bond acceptors (Lipinski definition) is 4. The van der Waals surface area contributed by atoms with Crippen molar-refractivity contribution >= 4 is 34.1 Å². The molecule has 1 N–H and O–H groups in total. The van der Waals surface area contributed by atoms with Crippen molar-refractivity contribution in [3.05, 3.63) is 0 Å². The average molecular weight is 233 g/mol. The van der Waals surface area contributed by atoms with E-state index in [-0.39, 0.29) is 4.75 Å². The molecule has 1 rings (SSSR count). The lowest BCUT2D eigenvalue weighted by Crippen LogP contribution is -2.22. The zero-order valence-electron chi connectivity index (χ0n) is 8.86. The summed E-state index contributed by atoms with van der Waals surface area (Å²) in [7, 11) is 0. The fraction of sp³-hybridized carbons (Fsp3) is 0.778. The molecule has 1 heterocycles. The van der Waals surface area contributed by atoms with Gasteiger partial charge in [0.15, 0.2) is 0 Å². The van der Waals surface area contributed by atoms with Crippen molar-refractivity contribution in [2.75, 3.05) is 18.8 Å². The van der Waals surface area contributed by atoms with E-state index in [1.807, 2.05) is 11.8 Å². The molecule has 1 fully saturated rings. The molecule has 3 nitrogen and oxygen atoms in total. The summed E-state index contributed by atoms with van der Waals surface area (Å²) in [5.41, 5.74) is 0. The number of thioether (sulfide) groups is 2. The monoisotopic (exact) mass is 233 g/mol. The number of hydrogen-bond donors (Lipinski definition) is 1. The van der Waals surface area contributed by atoms with Crippen molar-refractivity contribution in [3.63, 3.8) is 0 Å². The van der Waals surface area contributed by atoms with Crippen LogP contribution in [-0.2, 0) is 0 Å². The zero-order chi connectivity index (χ0) is 10.6. The van der Waals surface area contributed by atoms with E-state index in [9.17, 15) is 0 Å². The third kappa shape index (κ3) is 2.67. The van der Waals surface area contributed by atoms with Crippen LogP contribution in [0.4, 0.5) is 0 Å². The van der Waals surface area contributed by atoms with E-state index in [2.05, 4.69) is 30.5 Å². The summed E-state index contributed by atoms with van der Waals surface area (Å²) < 4.78 is 3.64. The predicted octanol–water partition coefficient (Wildman–Crippen LogP) is 2.09. The molecule has 0 aromatic carbocycles. The Morgan fingerprint density at radius 2 is 2.21 bits per heavy atom. The molecule has 0 aromatic heterocycles. The number of nitrogens with zero attached hydrogens (tertiary/aromatic N) is 2. The number of oxime groups is 1. The van der Waals surface area contributed by atoms with Crippen molar-refractivity contribution < 1.29 is 9.78 Å². The second-order valence-electron chi connectivity index (χ2n) is 3.39. The van der Waals surface area contributed by atoms with Crippen LogP contribution in [0.5, 0.6) is 0 Å². The first kappa shape index (κ1) is 11.9. The maximum atomic E-state index is 8.56. The first-order chi connectivity index (χ1) is 6.65. The lowest BCUT2D eigenvalue weighted by atomic mass is 10.2. The molecular formula is C9H17N2OS2+. The summed E-state index contributed by atoms with van der Waals surface area (Å²) in [6.07, 6.45) is 1.63. The van der Waals surface area contributed by atoms with Gasteiger partial charge >= 0.3 is 0 Å². The van der Waals surface area contributed by atoms with Gasteiger partial charge in [-0.1, -0.05) is 0 Å². The summed E-state index contributed by atoms with van der Waals surface area (Å²) in [5, 5.41) is 11.7. The van der Waals surface area contributed by atoms with Gasteiger partial charge in [-0.05, 0) is 44.3 Å². The lowest BCUT2D eigenvalue weighted by Gasteiger charge is -2.11. The van der Waals surface area contributed by atoms with E-state index in [0.29, 0.717) is 0 Å². The minimum atomic E-state index is -0.0443. The molecule has 0 aliphatic carbocycles. The van der Waals surface area contributed by atoms with Crippen molar-refractivity contribution in [3.8, 4) is 0 Å². The molecule has 14 heavy (non-hydrogen) atoms. The van der Waals surface area contributed by atoms with Crippen LogP contribution in [0.3, 0.4) is 0 Å². The summed E-state index contributed by atoms with van der Waals surface area (Å²) in [6, 6.07) is 0. The van der Waals surface area contributed by atoms with Gasteiger partial charge in [0, 0.05) is 5.75 Å². The molecule has 1 unspecified atom stereocenters. The average Bonchev–Trinajstić information content (AvgIpc) is 2.51. The zero-order valence-corrected chi connectivity index (χ0v) is 10.5. The van der Waals surface area contributed by atoms with Crippen LogP contribution in [0.1, 0.15) is 20.8 Å². The largest absolute Gasteiger partial charge is 0.411 e. The fourth-order valence-corrected chi connectivity index (χ4v) is 4.49. The van der Waals surface area contributed by atoms with Gasteiger partial charge in [0.2, 0.25) is 0 Å². The maximum Gasteiger partial charge on any atom is 0.270 e. The molecule has 0 spiro atoms. The molecule has 0 bridgehead atoms. The molecule has 5 heteroatoms. The van der Waals surface area contributed by atoms with Crippen molar-refractivity contribution in [2.24, 2.45) is 5.16 Å². The molecule has 1 atom stereocenters. The van der Waals surface area contributed by atoms with Gasteiger partial charge in [0.1, 0.15) is 13.1 Å². The Kier molecular flexibility index (Phi) is 4.31. The van der Waals surface area contributed by atoms with Crippen LogP contribution in [0.25, 0.3) is 0 Å². The van der Waals surface area contributed by atoms with Gasteiger partial charge in [-0.15, -0.1) is 5.16 Å². The highest BCUT2D eigenvalue weighted by atomic mass is 32.2. The standard InChI is InChI=1S/C9H16N2OS2/c1-4-11(5-2)8-13-7-9(3,14-8)6-10-12/h6H,4-5,7H2,1-3H3/p+1/b10-6+. The Bertz CT molecular complexity index is 260. The Balaban J connectivity index is 2.77. The van der Waals surface area contributed by atoms with Gasteiger partial charge in [0.25, 0.3) is 4.38 Å². The second-order valence-corrected chi connectivity index (χ2v) is 6.13. The van der Waals surface area contributed by atoms with Gasteiger partial charge in [0.05, 0.1) is 11.0 Å². The van der Waals surface area contributed by atoms with Crippen LogP contribution in [0.2, 0.25) is 0 Å². The van der Waals surface area contributed by atoms with Gasteiger partial charge in [-0.2, -0.15) is 0 Å². The molecule has 0 radical (unpaired) electrons. The molecule has 0 amide bonds. The molecule has 1 saturated heterocycles. The first-order valence-electron chi connectivity index (χ1n) is 4.77. The highest BCUT2D eigenvalue weighted by molar-refractivity contribution is 8.42. The highest BCUT2D eigenvalue weighted by Gasteiger charge is 2.38. The van der Waals surface area contributed by atoms with E-state index in [1.54, 1.807) is 18.0 Å². The molecule has 0 saturated carbocycles. The predicted molar refractivity (Wildman–Crippen MR) is 65.1 cm³/mol. The minimum absolute atomic E-state index is 0.0443. The van der Waals surface area contributed by atoms with Crippen LogP contribution in [0.15, 0.2) is 5.16 Å². The molecule has 1 aliphatic heterocycles. The molecule has 80 valence electrons. The lowest BCUT2D eigenvalue weighted by molar-refractivity contribution is -0.515. The number of rotatable bonds is 3. The van der Waals surface area contributed by atoms with E-state index in [4.69, 9.17) is 5.21 Å². The minimum Gasteiger partial charge on any atom is -0.411 e. The van der Waals surface area contributed by atoms with Gasteiger partial charge < -0.3 is 5.21 Å². The first-order valence-corrected chi connectivity index (χ1v) is 6.57. The van der Waals surface area contributed by atoms with Gasteiger partial charge in [-0.25, -0.2) is 4.58 Å². The van der Waals surface area contributed by atoms with Crippen LogP contribution in [0, 0.1) is 0 Å². The topological polar surface area (TPSA) is 35.6 Å². The third-order valence-corrected chi connectivity index (χ3v) is 5.34. The maximum absolute atomic E-state index is 8.56. The Hall–Kier alpha value is -0.160. The van der Waals surface area contributed by atoms with Crippen LogP contribution >= 0.6 is 23.5 Å². The summed E-state index contributed by atoms with van der Waals surface area (Å²) in [5.74, 6) is 0.980. The van der Waals surface area contributed by atoms with Crippen molar-refractivity contribution in [1.29, 1.82) is 0 Å². The highest BCUT2D eigenvalue weighted by Crippen LogP contribution is 2.40. The van der Waals surface area contributed by atoms with E-state index in [0.717, 1.165) is 18.8 Å². The van der Waals surface area contributed by atoms with Crippen molar-refractivity contribution in [1.82, 2.24) is 0 Å². The summed E-state index contributed by atoms with van der Waals surface area (Å²) in [4.78, 5) is 0. The van der Waals surface area contributed by atoms with Crippen LogP contribution < -0.4 is 0 Å². The smallest absolute Gasteiger partial charge is 0.270 e.